The second-order valence-electron chi connectivity index (χ2n) is 4.79. The minimum absolute atomic E-state index is 0.517. The first kappa shape index (κ1) is 13.4. The maximum Gasteiger partial charge on any atom is 0.132 e. The molecule has 0 aliphatic heterocycles. The number of ether oxygens (including phenoxy) is 1. The molecule has 88 valence electrons. The van der Waals surface area contributed by atoms with E-state index in [4.69, 9.17) is 4.74 Å². The lowest BCUT2D eigenvalue weighted by Gasteiger charge is -2.25. The molecule has 0 N–H and O–H groups in total. The van der Waals surface area contributed by atoms with Gasteiger partial charge in [-0.05, 0) is 12.1 Å². The zero-order valence-corrected chi connectivity index (χ0v) is 12.3. The van der Waals surface area contributed by atoms with Crippen molar-refractivity contribution in [1.82, 2.24) is 0 Å². The summed E-state index contributed by atoms with van der Waals surface area (Å²) in [5.74, 6) is 0.956. The molecular formula is C13H20OSSi. The Morgan fingerprint density at radius 3 is 2.44 bits per heavy atom. The summed E-state index contributed by atoms with van der Waals surface area (Å²) >= 11 is 1.87. The van der Waals surface area contributed by atoms with Crippen molar-refractivity contribution in [2.75, 3.05) is 7.11 Å². The quantitative estimate of drug-likeness (QED) is 0.441. The molecule has 1 aromatic carbocycles. The van der Waals surface area contributed by atoms with Gasteiger partial charge in [-0.1, -0.05) is 37.8 Å². The Bertz CT molecular complexity index is 357. The van der Waals surface area contributed by atoms with Crippen molar-refractivity contribution in [3.8, 4) is 5.75 Å². The molecule has 0 aromatic heterocycles. The highest BCUT2D eigenvalue weighted by molar-refractivity contribution is 8.02. The first-order valence-electron chi connectivity index (χ1n) is 5.41. The van der Waals surface area contributed by atoms with Gasteiger partial charge in [0, 0.05) is 9.77 Å². The van der Waals surface area contributed by atoms with E-state index >= 15 is 0 Å². The van der Waals surface area contributed by atoms with Crippen molar-refractivity contribution in [2.24, 2.45) is 0 Å². The Hall–Kier alpha value is -0.673. The number of thioether (sulfide) groups is 1. The summed E-state index contributed by atoms with van der Waals surface area (Å²) in [5, 5.41) is 0. The second kappa shape index (κ2) is 5.59. The third-order valence-electron chi connectivity index (χ3n) is 2.39. The van der Waals surface area contributed by atoms with Crippen molar-refractivity contribution in [3.05, 3.63) is 36.9 Å². The van der Waals surface area contributed by atoms with Crippen LogP contribution in [0, 0.1) is 0 Å². The van der Waals surface area contributed by atoms with Gasteiger partial charge in [-0.25, -0.2) is 0 Å². The molecule has 3 heteroatoms. The van der Waals surface area contributed by atoms with Crippen molar-refractivity contribution in [3.63, 3.8) is 0 Å². The normalized spacial score (nSPS) is 13.2. The maximum absolute atomic E-state index is 5.36. The van der Waals surface area contributed by atoms with Gasteiger partial charge in [-0.2, -0.15) is 0 Å². The number of hydrogen-bond acceptors (Lipinski definition) is 2. The third-order valence-corrected chi connectivity index (χ3v) is 7.85. The van der Waals surface area contributed by atoms with Crippen LogP contribution in [0.15, 0.2) is 41.8 Å². The average molecular weight is 252 g/mol. The minimum Gasteiger partial charge on any atom is -0.496 e. The van der Waals surface area contributed by atoms with E-state index in [0.29, 0.717) is 4.87 Å². The Morgan fingerprint density at radius 1 is 1.31 bits per heavy atom. The standard InChI is InChI=1S/C13H20OSSi/c1-6-13(16(3,4)5)15-12-10-8-7-9-11(12)14-2/h6-10,13H,1H2,2-5H3. The average Bonchev–Trinajstić information content (AvgIpc) is 2.24. The van der Waals surface area contributed by atoms with Crippen LogP contribution in [0.5, 0.6) is 5.75 Å². The lowest BCUT2D eigenvalue weighted by Crippen LogP contribution is -2.33. The molecule has 0 aliphatic rings. The van der Waals surface area contributed by atoms with Crippen molar-refractivity contribution < 1.29 is 4.74 Å². The van der Waals surface area contributed by atoms with Gasteiger partial charge in [0.15, 0.2) is 0 Å². The van der Waals surface area contributed by atoms with Crippen LogP contribution in [0.25, 0.3) is 0 Å². The summed E-state index contributed by atoms with van der Waals surface area (Å²) in [6.07, 6.45) is 2.07. The molecule has 0 amide bonds. The van der Waals surface area contributed by atoms with Crippen molar-refractivity contribution in [2.45, 2.75) is 29.4 Å². The number of benzene rings is 1. The van der Waals surface area contributed by atoms with E-state index in [1.54, 1.807) is 7.11 Å². The van der Waals surface area contributed by atoms with E-state index < -0.39 is 8.07 Å². The highest BCUT2D eigenvalue weighted by Crippen LogP contribution is 2.35. The van der Waals surface area contributed by atoms with Crippen LogP contribution in [-0.4, -0.2) is 20.1 Å². The maximum atomic E-state index is 5.36. The monoisotopic (exact) mass is 252 g/mol. The molecule has 0 saturated carbocycles. The fourth-order valence-corrected chi connectivity index (χ4v) is 4.73. The highest BCUT2D eigenvalue weighted by atomic mass is 32.2. The molecule has 0 heterocycles. The smallest absolute Gasteiger partial charge is 0.132 e. The molecule has 16 heavy (non-hydrogen) atoms. The van der Waals surface area contributed by atoms with Gasteiger partial charge in [0.05, 0.1) is 15.2 Å². The molecule has 0 aliphatic carbocycles. The Morgan fingerprint density at radius 2 is 1.94 bits per heavy atom. The lowest BCUT2D eigenvalue weighted by molar-refractivity contribution is 0.405. The Balaban J connectivity index is 2.90. The number of para-hydroxylation sites is 1. The van der Waals surface area contributed by atoms with Gasteiger partial charge in [0.2, 0.25) is 0 Å². The van der Waals surface area contributed by atoms with Crippen LogP contribution in [0.2, 0.25) is 19.6 Å². The van der Waals surface area contributed by atoms with Crippen LogP contribution >= 0.6 is 11.8 Å². The second-order valence-corrected chi connectivity index (χ2v) is 11.7. The third kappa shape index (κ3) is 3.42. The number of rotatable bonds is 5. The van der Waals surface area contributed by atoms with Crippen LogP contribution in [-0.2, 0) is 0 Å². The predicted molar refractivity (Wildman–Crippen MR) is 76.2 cm³/mol. The number of methoxy groups -OCH3 is 1. The van der Waals surface area contributed by atoms with E-state index in [1.165, 1.54) is 4.90 Å². The predicted octanol–water partition coefficient (Wildman–Crippen LogP) is 4.22. The molecule has 0 fully saturated rings. The zero-order chi connectivity index (χ0) is 12.2. The van der Waals surface area contributed by atoms with Gasteiger partial charge in [-0.3, -0.25) is 0 Å². The van der Waals surface area contributed by atoms with Crippen molar-refractivity contribution >= 4 is 19.8 Å². The minimum atomic E-state index is -1.22. The van der Waals surface area contributed by atoms with Gasteiger partial charge in [-0.15, -0.1) is 18.3 Å². The molecule has 0 radical (unpaired) electrons. The van der Waals surface area contributed by atoms with Crippen LogP contribution in [0.3, 0.4) is 0 Å². The molecule has 0 bridgehead atoms. The summed E-state index contributed by atoms with van der Waals surface area (Å²) in [7, 11) is 0.503. The van der Waals surface area contributed by atoms with Gasteiger partial charge < -0.3 is 4.74 Å². The van der Waals surface area contributed by atoms with Crippen LogP contribution in [0.4, 0.5) is 0 Å². The van der Waals surface area contributed by atoms with E-state index in [2.05, 4.69) is 44.4 Å². The largest absolute Gasteiger partial charge is 0.496 e. The molecule has 1 atom stereocenters. The first-order chi connectivity index (χ1) is 7.49. The summed E-state index contributed by atoms with van der Waals surface area (Å²) in [4.78, 5) is 1.72. The van der Waals surface area contributed by atoms with Crippen molar-refractivity contribution in [1.29, 1.82) is 0 Å². The topological polar surface area (TPSA) is 9.23 Å². The first-order valence-corrected chi connectivity index (χ1v) is 9.87. The van der Waals surface area contributed by atoms with Gasteiger partial charge in [0.25, 0.3) is 0 Å². The molecule has 0 spiro atoms. The fourth-order valence-electron chi connectivity index (χ4n) is 1.43. The molecule has 1 rings (SSSR count). The highest BCUT2D eigenvalue weighted by Gasteiger charge is 2.25. The summed E-state index contributed by atoms with van der Waals surface area (Å²) in [6, 6.07) is 8.17. The number of hydrogen-bond donors (Lipinski definition) is 0. The zero-order valence-electron chi connectivity index (χ0n) is 10.5. The van der Waals surface area contributed by atoms with E-state index in [1.807, 2.05) is 23.9 Å². The van der Waals surface area contributed by atoms with E-state index in [-0.39, 0.29) is 0 Å². The van der Waals surface area contributed by atoms with Crippen LogP contribution < -0.4 is 4.74 Å². The molecule has 1 unspecified atom stereocenters. The van der Waals surface area contributed by atoms with E-state index in [9.17, 15) is 0 Å². The molecule has 0 saturated heterocycles. The summed E-state index contributed by atoms with van der Waals surface area (Å²) < 4.78 is 5.36. The Labute approximate surface area is 104 Å². The summed E-state index contributed by atoms with van der Waals surface area (Å²) in [6.45, 7) is 11.0. The fraction of sp³-hybridized carbons (Fsp3) is 0.385. The Kier molecular flexibility index (Phi) is 4.68. The van der Waals surface area contributed by atoms with E-state index in [0.717, 1.165) is 5.75 Å². The molecular weight excluding hydrogens is 232 g/mol. The summed E-state index contributed by atoms with van der Waals surface area (Å²) in [5.41, 5.74) is 0. The SMILES string of the molecule is C=CC(Sc1ccccc1OC)[Si](C)(C)C. The van der Waals surface area contributed by atoms with Gasteiger partial charge >= 0.3 is 0 Å². The lowest BCUT2D eigenvalue weighted by atomic mass is 10.3. The molecule has 1 aromatic rings. The van der Waals surface area contributed by atoms with Crippen LogP contribution in [0.1, 0.15) is 0 Å². The van der Waals surface area contributed by atoms with Gasteiger partial charge in [0.1, 0.15) is 5.75 Å². The molecule has 1 nitrogen and oxygen atoms in total.